The van der Waals surface area contributed by atoms with Gasteiger partial charge in [-0.3, -0.25) is 4.79 Å². The number of halogens is 1. The van der Waals surface area contributed by atoms with E-state index in [2.05, 4.69) is 10.1 Å². The van der Waals surface area contributed by atoms with E-state index in [1.165, 1.54) is 0 Å². The summed E-state index contributed by atoms with van der Waals surface area (Å²) >= 11 is 0. The number of hydrogen-bond donors (Lipinski definition) is 0. The predicted octanol–water partition coefficient (Wildman–Crippen LogP) is 2.19. The second-order valence-corrected chi connectivity index (χ2v) is 5.25. The molecule has 0 spiro atoms. The standard InChI is InChI=1S/C13H12FN3O2/c14-13(5-6-13)12-15-10(16-19-12)9-2-1-7-17(11(9)18)8-3-4-8/h1-2,7-8H,3-6H2. The smallest absolute Gasteiger partial charge is 0.264 e. The summed E-state index contributed by atoms with van der Waals surface area (Å²) in [6.45, 7) is 0. The van der Waals surface area contributed by atoms with E-state index in [1.807, 2.05) is 0 Å². The quantitative estimate of drug-likeness (QED) is 0.849. The first-order valence-electron chi connectivity index (χ1n) is 6.42. The van der Waals surface area contributed by atoms with Gasteiger partial charge in [0.1, 0.15) is 0 Å². The Hall–Kier alpha value is -1.98. The molecule has 0 atom stereocenters. The van der Waals surface area contributed by atoms with Crippen molar-refractivity contribution in [3.8, 4) is 11.4 Å². The van der Waals surface area contributed by atoms with Crippen LogP contribution in [0.15, 0.2) is 27.6 Å². The van der Waals surface area contributed by atoms with Gasteiger partial charge in [-0.1, -0.05) is 5.16 Å². The number of nitrogens with zero attached hydrogens (tertiary/aromatic N) is 3. The highest BCUT2D eigenvalue weighted by molar-refractivity contribution is 5.52. The minimum atomic E-state index is -1.46. The zero-order valence-electron chi connectivity index (χ0n) is 10.2. The van der Waals surface area contributed by atoms with Gasteiger partial charge in [-0.15, -0.1) is 0 Å². The van der Waals surface area contributed by atoms with Crippen LogP contribution in [-0.2, 0) is 5.67 Å². The molecule has 19 heavy (non-hydrogen) atoms. The van der Waals surface area contributed by atoms with Crippen molar-refractivity contribution in [1.29, 1.82) is 0 Å². The third-order valence-electron chi connectivity index (χ3n) is 3.65. The SMILES string of the molecule is O=c1c(-c2noc(C3(F)CC3)n2)cccn1C1CC1. The van der Waals surface area contributed by atoms with Crippen LogP contribution in [0.4, 0.5) is 4.39 Å². The van der Waals surface area contributed by atoms with E-state index in [1.54, 1.807) is 22.9 Å². The maximum Gasteiger partial charge on any atom is 0.264 e. The summed E-state index contributed by atoms with van der Waals surface area (Å²) in [5, 5.41) is 3.74. The Bertz CT molecular complexity index is 698. The van der Waals surface area contributed by atoms with Crippen LogP contribution in [0.2, 0.25) is 0 Å². The summed E-state index contributed by atoms with van der Waals surface area (Å²) in [5.41, 5.74) is -1.23. The molecule has 0 radical (unpaired) electrons. The van der Waals surface area contributed by atoms with Crippen LogP contribution < -0.4 is 5.56 Å². The van der Waals surface area contributed by atoms with Crippen molar-refractivity contribution in [3.63, 3.8) is 0 Å². The van der Waals surface area contributed by atoms with Crippen LogP contribution in [0, 0.1) is 0 Å². The molecule has 2 aromatic heterocycles. The zero-order chi connectivity index (χ0) is 13.0. The molecule has 2 aliphatic carbocycles. The van der Waals surface area contributed by atoms with Crippen LogP contribution in [0.5, 0.6) is 0 Å². The molecule has 2 aliphatic rings. The highest BCUT2D eigenvalue weighted by atomic mass is 19.1. The Morgan fingerprint density at radius 1 is 1.42 bits per heavy atom. The Morgan fingerprint density at radius 2 is 2.21 bits per heavy atom. The molecule has 2 heterocycles. The van der Waals surface area contributed by atoms with Crippen molar-refractivity contribution in [3.05, 3.63) is 34.6 Å². The highest BCUT2D eigenvalue weighted by Crippen LogP contribution is 2.48. The fraction of sp³-hybridized carbons (Fsp3) is 0.462. The Balaban J connectivity index is 1.77. The maximum absolute atomic E-state index is 13.8. The van der Waals surface area contributed by atoms with Crippen LogP contribution in [0.25, 0.3) is 11.4 Å². The minimum absolute atomic E-state index is 0.0104. The molecule has 2 fully saturated rings. The number of aromatic nitrogens is 3. The van der Waals surface area contributed by atoms with Crippen LogP contribution in [-0.4, -0.2) is 14.7 Å². The molecule has 2 saturated carbocycles. The lowest BCUT2D eigenvalue weighted by molar-refractivity contribution is 0.226. The normalized spacial score (nSPS) is 20.5. The summed E-state index contributed by atoms with van der Waals surface area (Å²) in [5.74, 6) is 0.169. The summed E-state index contributed by atoms with van der Waals surface area (Å²) in [7, 11) is 0. The van der Waals surface area contributed by atoms with E-state index in [-0.39, 0.29) is 23.3 Å². The van der Waals surface area contributed by atoms with Gasteiger partial charge < -0.3 is 9.09 Å². The Labute approximate surface area is 108 Å². The van der Waals surface area contributed by atoms with Gasteiger partial charge in [0.25, 0.3) is 11.4 Å². The van der Waals surface area contributed by atoms with E-state index in [0.29, 0.717) is 18.4 Å². The molecule has 4 rings (SSSR count). The molecular formula is C13H12FN3O2. The third kappa shape index (κ3) is 1.70. The molecule has 0 saturated heterocycles. The first-order valence-corrected chi connectivity index (χ1v) is 6.42. The molecule has 6 heteroatoms. The van der Waals surface area contributed by atoms with Crippen LogP contribution in [0.1, 0.15) is 37.6 Å². The van der Waals surface area contributed by atoms with Crippen LogP contribution >= 0.6 is 0 Å². The number of hydrogen-bond acceptors (Lipinski definition) is 4. The maximum atomic E-state index is 13.8. The predicted molar refractivity (Wildman–Crippen MR) is 64.3 cm³/mol. The van der Waals surface area contributed by atoms with Crippen molar-refractivity contribution in [2.75, 3.05) is 0 Å². The van der Waals surface area contributed by atoms with Crippen LogP contribution in [0.3, 0.4) is 0 Å². The Morgan fingerprint density at radius 3 is 2.89 bits per heavy atom. The Kier molecular flexibility index (Phi) is 2.02. The molecule has 0 amide bonds. The second-order valence-electron chi connectivity index (χ2n) is 5.25. The van der Waals surface area contributed by atoms with Crippen molar-refractivity contribution >= 4 is 0 Å². The average Bonchev–Trinajstić information content (AvgIpc) is 3.32. The van der Waals surface area contributed by atoms with Crippen molar-refractivity contribution < 1.29 is 8.91 Å². The zero-order valence-corrected chi connectivity index (χ0v) is 10.2. The van der Waals surface area contributed by atoms with E-state index >= 15 is 0 Å². The first-order chi connectivity index (χ1) is 9.17. The van der Waals surface area contributed by atoms with Crippen molar-refractivity contribution in [1.82, 2.24) is 14.7 Å². The van der Waals surface area contributed by atoms with Gasteiger partial charge >= 0.3 is 0 Å². The molecule has 0 aliphatic heterocycles. The minimum Gasteiger partial charge on any atom is -0.335 e. The number of rotatable bonds is 3. The lowest BCUT2D eigenvalue weighted by atomic mass is 10.2. The number of pyridine rings is 1. The van der Waals surface area contributed by atoms with E-state index in [0.717, 1.165) is 12.8 Å². The fourth-order valence-corrected chi connectivity index (χ4v) is 2.16. The lowest BCUT2D eigenvalue weighted by Gasteiger charge is -2.03. The van der Waals surface area contributed by atoms with Gasteiger partial charge in [0, 0.05) is 12.2 Å². The number of alkyl halides is 1. The largest absolute Gasteiger partial charge is 0.335 e. The summed E-state index contributed by atoms with van der Waals surface area (Å²) in [6, 6.07) is 3.72. The monoisotopic (exact) mass is 261 g/mol. The summed E-state index contributed by atoms with van der Waals surface area (Å²) in [6.07, 6.45) is 4.64. The van der Waals surface area contributed by atoms with Gasteiger partial charge in [0.15, 0.2) is 5.67 Å². The fourth-order valence-electron chi connectivity index (χ4n) is 2.16. The van der Waals surface area contributed by atoms with Crippen molar-refractivity contribution in [2.45, 2.75) is 37.4 Å². The molecule has 0 N–H and O–H groups in total. The average molecular weight is 261 g/mol. The molecule has 2 aromatic rings. The second kappa shape index (κ2) is 3.53. The van der Waals surface area contributed by atoms with Gasteiger partial charge in [-0.05, 0) is 37.8 Å². The molecule has 0 aromatic carbocycles. The van der Waals surface area contributed by atoms with Gasteiger partial charge in [-0.2, -0.15) is 4.98 Å². The summed E-state index contributed by atoms with van der Waals surface area (Å²) in [4.78, 5) is 16.3. The molecule has 0 bridgehead atoms. The summed E-state index contributed by atoms with van der Waals surface area (Å²) < 4.78 is 20.4. The van der Waals surface area contributed by atoms with E-state index in [9.17, 15) is 9.18 Å². The lowest BCUT2D eigenvalue weighted by Crippen LogP contribution is -2.20. The van der Waals surface area contributed by atoms with Gasteiger partial charge in [-0.25, -0.2) is 4.39 Å². The van der Waals surface area contributed by atoms with E-state index in [4.69, 9.17) is 4.52 Å². The molecule has 98 valence electrons. The first kappa shape index (κ1) is 10.9. The van der Waals surface area contributed by atoms with Gasteiger partial charge in [0.05, 0.1) is 5.56 Å². The van der Waals surface area contributed by atoms with E-state index < -0.39 is 5.67 Å². The third-order valence-corrected chi connectivity index (χ3v) is 3.65. The van der Waals surface area contributed by atoms with Gasteiger partial charge in [0.2, 0.25) is 5.82 Å². The molecular weight excluding hydrogens is 249 g/mol. The molecule has 5 nitrogen and oxygen atoms in total. The molecule has 0 unspecified atom stereocenters. The topological polar surface area (TPSA) is 60.9 Å². The highest BCUT2D eigenvalue weighted by Gasteiger charge is 2.50. The van der Waals surface area contributed by atoms with Crippen molar-refractivity contribution in [2.24, 2.45) is 0 Å².